The average Bonchev–Trinajstić information content (AvgIpc) is 2.95. The lowest BCUT2D eigenvalue weighted by molar-refractivity contribution is -0.122. The van der Waals surface area contributed by atoms with E-state index in [-0.39, 0.29) is 5.57 Å². The number of carbonyl (C=O) groups is 3. The third kappa shape index (κ3) is 6.73. The van der Waals surface area contributed by atoms with Crippen molar-refractivity contribution in [2.24, 2.45) is 0 Å². The van der Waals surface area contributed by atoms with Crippen molar-refractivity contribution in [3.05, 3.63) is 129 Å². The first-order chi connectivity index (χ1) is 19.8. The summed E-state index contributed by atoms with van der Waals surface area (Å²) >= 11 is 3.51. The Labute approximate surface area is 246 Å². The number of nitrogens with zero attached hydrogens (tertiary/aromatic N) is 1. The summed E-state index contributed by atoms with van der Waals surface area (Å²) in [7, 11) is 0. The number of carbonyl (C=O) groups excluding carboxylic acids is 3. The minimum absolute atomic E-state index is 0.162. The van der Waals surface area contributed by atoms with E-state index in [1.165, 1.54) is 11.6 Å². The van der Waals surface area contributed by atoms with Gasteiger partial charge in [0, 0.05) is 0 Å². The first-order valence-electron chi connectivity index (χ1n) is 12.9. The lowest BCUT2D eigenvalue weighted by Crippen LogP contribution is -2.54. The topological polar surface area (TPSA) is 84.9 Å². The number of barbiturate groups is 1. The molecule has 1 aliphatic heterocycles. The van der Waals surface area contributed by atoms with Crippen LogP contribution in [0.5, 0.6) is 11.5 Å². The van der Waals surface area contributed by atoms with E-state index in [2.05, 4.69) is 27.3 Å². The Morgan fingerprint density at radius 3 is 2.22 bits per heavy atom. The van der Waals surface area contributed by atoms with Gasteiger partial charge in [-0.15, -0.1) is 0 Å². The highest BCUT2D eigenvalue weighted by molar-refractivity contribution is 9.10. The van der Waals surface area contributed by atoms with Gasteiger partial charge < -0.3 is 9.47 Å². The molecular weight excluding hydrogens is 584 g/mol. The van der Waals surface area contributed by atoms with Gasteiger partial charge in [-0.05, 0) is 88.9 Å². The number of rotatable bonds is 8. The second kappa shape index (κ2) is 12.2. The van der Waals surface area contributed by atoms with Crippen molar-refractivity contribution in [3.63, 3.8) is 0 Å². The lowest BCUT2D eigenvalue weighted by Gasteiger charge is -2.26. The molecule has 0 bridgehead atoms. The van der Waals surface area contributed by atoms with E-state index in [9.17, 15) is 14.4 Å². The van der Waals surface area contributed by atoms with Crippen molar-refractivity contribution in [1.82, 2.24) is 5.32 Å². The van der Waals surface area contributed by atoms with Crippen molar-refractivity contribution >= 4 is 45.5 Å². The van der Waals surface area contributed by atoms with Crippen LogP contribution in [0.3, 0.4) is 0 Å². The van der Waals surface area contributed by atoms with E-state index in [0.717, 1.165) is 21.6 Å². The first-order valence-corrected chi connectivity index (χ1v) is 13.7. The molecule has 206 valence electrons. The average molecular weight is 611 g/mol. The largest absolute Gasteiger partial charge is 0.489 e. The van der Waals surface area contributed by atoms with Crippen molar-refractivity contribution in [1.29, 1.82) is 0 Å². The zero-order valence-corrected chi connectivity index (χ0v) is 24.1. The number of hydrogen-bond acceptors (Lipinski definition) is 5. The molecule has 0 spiro atoms. The number of halogens is 1. The van der Waals surface area contributed by atoms with E-state index >= 15 is 0 Å². The molecule has 4 aromatic carbocycles. The zero-order valence-electron chi connectivity index (χ0n) is 22.5. The first kappa shape index (κ1) is 27.9. The molecule has 1 fully saturated rings. The van der Waals surface area contributed by atoms with Gasteiger partial charge in [0.05, 0.1) is 10.2 Å². The number of ether oxygens (including phenoxy) is 2. The second-order valence-corrected chi connectivity index (χ2v) is 10.5. The summed E-state index contributed by atoms with van der Waals surface area (Å²) < 4.78 is 12.4. The van der Waals surface area contributed by atoms with Crippen LogP contribution in [-0.4, -0.2) is 17.8 Å². The van der Waals surface area contributed by atoms with Crippen LogP contribution < -0.4 is 19.7 Å². The molecule has 0 radical (unpaired) electrons. The molecular formula is C33H27BrN2O5. The predicted octanol–water partition coefficient (Wildman–Crippen LogP) is 6.89. The molecule has 1 aliphatic rings. The molecule has 7 nitrogen and oxygen atoms in total. The van der Waals surface area contributed by atoms with Crippen LogP contribution >= 0.6 is 15.9 Å². The van der Waals surface area contributed by atoms with Gasteiger partial charge in [0.1, 0.15) is 30.3 Å². The lowest BCUT2D eigenvalue weighted by atomic mass is 10.1. The summed E-state index contributed by atoms with van der Waals surface area (Å²) in [5.41, 5.74) is 5.13. The Bertz CT molecular complexity index is 1650. The number of urea groups is 1. The molecule has 4 aromatic rings. The zero-order chi connectivity index (χ0) is 28.9. The molecule has 8 heteroatoms. The SMILES string of the molecule is Cc1ccc(COc2ccc(N3C(=O)NC(=O)/C(=C\c4ccc(OCc5cccc(C)c5)c(Br)c4)C3=O)cc2)cc1. The monoisotopic (exact) mass is 610 g/mol. The van der Waals surface area contributed by atoms with E-state index < -0.39 is 17.8 Å². The quantitative estimate of drug-likeness (QED) is 0.173. The molecule has 41 heavy (non-hydrogen) atoms. The highest BCUT2D eigenvalue weighted by atomic mass is 79.9. The fourth-order valence-corrected chi connectivity index (χ4v) is 4.80. The maximum absolute atomic E-state index is 13.3. The van der Waals surface area contributed by atoms with Crippen molar-refractivity contribution < 1.29 is 23.9 Å². The van der Waals surface area contributed by atoms with Gasteiger partial charge in [-0.1, -0.05) is 65.7 Å². The van der Waals surface area contributed by atoms with Crippen LogP contribution in [0.15, 0.2) is 101 Å². The van der Waals surface area contributed by atoms with Gasteiger partial charge in [0.2, 0.25) is 0 Å². The smallest absolute Gasteiger partial charge is 0.335 e. The van der Waals surface area contributed by atoms with Gasteiger partial charge in [-0.25, -0.2) is 9.69 Å². The molecule has 0 aromatic heterocycles. The van der Waals surface area contributed by atoms with Crippen molar-refractivity contribution in [2.75, 3.05) is 4.90 Å². The summed E-state index contributed by atoms with van der Waals surface area (Å²) in [6.07, 6.45) is 1.45. The van der Waals surface area contributed by atoms with Gasteiger partial charge in [0.15, 0.2) is 0 Å². The fourth-order valence-electron chi connectivity index (χ4n) is 4.29. The maximum atomic E-state index is 13.3. The van der Waals surface area contributed by atoms with Crippen LogP contribution in [0.1, 0.15) is 27.8 Å². The number of imide groups is 2. The number of nitrogens with one attached hydrogen (secondary N) is 1. The number of amides is 4. The Morgan fingerprint density at radius 1 is 0.780 bits per heavy atom. The molecule has 0 atom stereocenters. The van der Waals surface area contributed by atoms with E-state index in [0.29, 0.717) is 40.4 Å². The third-order valence-electron chi connectivity index (χ3n) is 6.47. The van der Waals surface area contributed by atoms with E-state index in [1.807, 2.05) is 56.3 Å². The minimum Gasteiger partial charge on any atom is -0.489 e. The van der Waals surface area contributed by atoms with Crippen LogP contribution in [-0.2, 0) is 22.8 Å². The summed E-state index contributed by atoms with van der Waals surface area (Å²) in [5.74, 6) is -0.275. The normalized spacial score (nSPS) is 14.3. The number of benzene rings is 4. The van der Waals surface area contributed by atoms with E-state index in [4.69, 9.17) is 9.47 Å². The predicted molar refractivity (Wildman–Crippen MR) is 161 cm³/mol. The van der Waals surface area contributed by atoms with Crippen LogP contribution in [0, 0.1) is 13.8 Å². The molecule has 1 saturated heterocycles. The number of anilines is 1. The second-order valence-electron chi connectivity index (χ2n) is 9.69. The maximum Gasteiger partial charge on any atom is 0.335 e. The van der Waals surface area contributed by atoms with Crippen LogP contribution in [0.4, 0.5) is 10.5 Å². The highest BCUT2D eigenvalue weighted by Crippen LogP contribution is 2.29. The molecule has 5 rings (SSSR count). The fraction of sp³-hybridized carbons (Fsp3) is 0.121. The summed E-state index contributed by atoms with van der Waals surface area (Å²) in [4.78, 5) is 39.5. The molecule has 4 amide bonds. The summed E-state index contributed by atoms with van der Waals surface area (Å²) in [6, 6.07) is 27.1. The summed E-state index contributed by atoms with van der Waals surface area (Å²) in [6.45, 7) is 4.83. The standard InChI is InChI=1S/C33H27BrN2O5/c1-21-6-8-23(9-7-21)19-40-27-13-11-26(12-14-27)36-32(38)28(31(37)35-33(36)39)17-24-10-15-30(29(34)18-24)41-20-25-5-3-4-22(2)16-25/h3-18H,19-20H2,1-2H3,(H,35,37,39)/b28-17+. The number of hydrogen-bond donors (Lipinski definition) is 1. The Balaban J connectivity index is 1.29. The molecule has 0 saturated carbocycles. The van der Waals surface area contributed by atoms with Crippen molar-refractivity contribution in [2.45, 2.75) is 27.1 Å². The third-order valence-corrected chi connectivity index (χ3v) is 7.09. The van der Waals surface area contributed by atoms with Gasteiger partial charge >= 0.3 is 6.03 Å². The Kier molecular flexibility index (Phi) is 8.31. The van der Waals surface area contributed by atoms with Gasteiger partial charge in [-0.3, -0.25) is 14.9 Å². The molecule has 1 N–H and O–H groups in total. The van der Waals surface area contributed by atoms with Crippen LogP contribution in [0.25, 0.3) is 6.08 Å². The Hall–Kier alpha value is -4.69. The van der Waals surface area contributed by atoms with Gasteiger partial charge in [0.25, 0.3) is 11.8 Å². The molecule has 0 unspecified atom stereocenters. The summed E-state index contributed by atoms with van der Waals surface area (Å²) in [5, 5.41) is 2.25. The molecule has 0 aliphatic carbocycles. The van der Waals surface area contributed by atoms with Crippen molar-refractivity contribution in [3.8, 4) is 11.5 Å². The van der Waals surface area contributed by atoms with Crippen LogP contribution in [0.2, 0.25) is 0 Å². The van der Waals surface area contributed by atoms with E-state index in [1.54, 1.807) is 42.5 Å². The Morgan fingerprint density at radius 2 is 1.51 bits per heavy atom. The minimum atomic E-state index is -0.813. The number of aryl methyl sites for hydroxylation is 2. The molecule has 1 heterocycles. The van der Waals surface area contributed by atoms with Gasteiger partial charge in [-0.2, -0.15) is 0 Å². The highest BCUT2D eigenvalue weighted by Gasteiger charge is 2.36.